The molecule has 0 heterocycles. The monoisotopic (exact) mass is 465 g/mol. The first-order valence-corrected chi connectivity index (χ1v) is 11.7. The molecule has 0 saturated heterocycles. The van der Waals surface area contributed by atoms with E-state index in [0.29, 0.717) is 0 Å². The lowest BCUT2D eigenvalue weighted by molar-refractivity contribution is -0.157. The highest BCUT2D eigenvalue weighted by Crippen LogP contribution is 2.23. The Balaban J connectivity index is 2.34. The van der Waals surface area contributed by atoms with Crippen molar-refractivity contribution in [2.75, 3.05) is 12.9 Å². The Bertz CT molecular complexity index is 940. The van der Waals surface area contributed by atoms with E-state index in [9.17, 15) is 33.3 Å². The molecule has 3 N–H and O–H groups in total. The molecule has 2 aromatic carbocycles. The summed E-state index contributed by atoms with van der Waals surface area (Å²) in [6, 6.07) is 16.6. The molecule has 0 aromatic heterocycles. The van der Waals surface area contributed by atoms with E-state index in [1.54, 1.807) is 24.3 Å². The molecule has 0 radical (unpaired) electrons. The van der Waals surface area contributed by atoms with Crippen molar-refractivity contribution in [2.45, 2.75) is 31.7 Å². The summed E-state index contributed by atoms with van der Waals surface area (Å²) >= 11 is 0. The number of aliphatic hydroxyl groups excluding tert-OH is 1. The summed E-state index contributed by atoms with van der Waals surface area (Å²) in [7, 11) is -3.84. The fraction of sp³-hybridized carbons (Fsp3) is 0.364. The highest BCUT2D eigenvalue weighted by molar-refractivity contribution is 7.85. The number of aliphatic hydroxyl groups is 1. The van der Waals surface area contributed by atoms with Crippen LogP contribution in [-0.2, 0) is 37.0 Å². The maximum atomic E-state index is 12.3. The Hall–Kier alpha value is -2.79. The third-order valence-corrected chi connectivity index (χ3v) is 5.37. The molecule has 9 nitrogen and oxygen atoms in total. The van der Waals surface area contributed by atoms with E-state index in [4.69, 9.17) is 0 Å². The second-order valence-electron chi connectivity index (χ2n) is 7.48. The Kier molecular flexibility index (Phi) is 9.33. The largest absolute Gasteiger partial charge is 0.481 e. The second-order valence-corrected chi connectivity index (χ2v) is 9.13. The Labute approximate surface area is 187 Å². The second kappa shape index (κ2) is 11.7. The van der Waals surface area contributed by atoms with Crippen LogP contribution in [-0.4, -0.2) is 65.6 Å². The molecule has 3 atom stereocenters. The van der Waals surface area contributed by atoms with Gasteiger partial charge in [-0.15, -0.1) is 0 Å². The van der Waals surface area contributed by atoms with Gasteiger partial charge in [-0.25, -0.2) is 0 Å². The van der Waals surface area contributed by atoms with Crippen molar-refractivity contribution < 1.29 is 37.5 Å². The van der Waals surface area contributed by atoms with Gasteiger partial charge in [-0.05, 0) is 17.5 Å². The van der Waals surface area contributed by atoms with Crippen LogP contribution in [0.2, 0.25) is 0 Å². The molecular formula is C22H27NO8S. The van der Waals surface area contributed by atoms with Gasteiger partial charge in [-0.2, -0.15) is 8.42 Å². The Morgan fingerprint density at radius 3 is 1.75 bits per heavy atom. The average molecular weight is 466 g/mol. The fourth-order valence-corrected chi connectivity index (χ4v) is 3.80. The zero-order chi connectivity index (χ0) is 23.7. The van der Waals surface area contributed by atoms with Crippen molar-refractivity contribution in [2.24, 2.45) is 5.92 Å². The average Bonchev–Trinajstić information content (AvgIpc) is 2.72. The summed E-state index contributed by atoms with van der Waals surface area (Å²) in [5.74, 6) is -4.29. The first-order valence-electron chi connectivity index (χ1n) is 9.87. The van der Waals surface area contributed by atoms with E-state index in [0.717, 1.165) is 17.4 Å². The van der Waals surface area contributed by atoms with Gasteiger partial charge in [0.2, 0.25) is 0 Å². The number of aliphatic carboxylic acids is 2. The Morgan fingerprint density at radius 2 is 1.38 bits per heavy atom. The summed E-state index contributed by atoms with van der Waals surface area (Å²) in [4.78, 5) is 25.8. The first-order chi connectivity index (χ1) is 15.1. The smallest absolute Gasteiger partial charge is 0.321 e. The van der Waals surface area contributed by atoms with Crippen molar-refractivity contribution in [1.29, 1.82) is 0 Å². The van der Waals surface area contributed by atoms with Crippen LogP contribution in [0.15, 0.2) is 60.7 Å². The summed E-state index contributed by atoms with van der Waals surface area (Å²) in [5.41, 5.74) is 1.58. The minimum atomic E-state index is -3.84. The molecular weight excluding hydrogens is 438 g/mol. The number of carbonyl (C=O) groups is 2. The predicted molar refractivity (Wildman–Crippen MR) is 116 cm³/mol. The summed E-state index contributed by atoms with van der Waals surface area (Å²) in [6.45, 7) is -0.342. The van der Waals surface area contributed by atoms with E-state index in [1.807, 2.05) is 36.4 Å². The molecule has 2 aromatic rings. The van der Waals surface area contributed by atoms with Crippen molar-refractivity contribution in [3.05, 3.63) is 71.8 Å². The molecule has 0 aliphatic rings. The third-order valence-electron chi connectivity index (χ3n) is 4.80. The maximum Gasteiger partial charge on any atom is 0.321 e. The van der Waals surface area contributed by atoms with Crippen LogP contribution >= 0.6 is 0 Å². The van der Waals surface area contributed by atoms with Crippen molar-refractivity contribution in [3.8, 4) is 0 Å². The molecule has 0 aliphatic heterocycles. The van der Waals surface area contributed by atoms with Crippen LogP contribution in [0.1, 0.15) is 17.5 Å². The van der Waals surface area contributed by atoms with Crippen molar-refractivity contribution in [3.63, 3.8) is 0 Å². The number of nitrogens with zero attached hydrogens (tertiary/aromatic N) is 1. The molecule has 32 heavy (non-hydrogen) atoms. The van der Waals surface area contributed by atoms with Gasteiger partial charge in [0.25, 0.3) is 10.1 Å². The standard InChI is InChI=1S/C22H27NO8S/c1-32(29,30)31-15-18(24)12-19(21(25)26)20(22(27)28)23(13-16-8-4-2-5-9-16)14-17-10-6-3-7-11-17/h2-11,18-20,24H,12-15H2,1H3,(H,25,26)(H,27,28)/t18?,19-,20-/m0/s1. The van der Waals surface area contributed by atoms with Gasteiger partial charge in [0.05, 0.1) is 24.9 Å². The van der Waals surface area contributed by atoms with Crippen molar-refractivity contribution in [1.82, 2.24) is 4.90 Å². The molecule has 0 aliphatic carbocycles. The highest BCUT2D eigenvalue weighted by atomic mass is 32.2. The fourth-order valence-electron chi connectivity index (χ4n) is 3.40. The summed E-state index contributed by atoms with van der Waals surface area (Å²) in [6.07, 6.45) is -1.18. The zero-order valence-corrected chi connectivity index (χ0v) is 18.4. The van der Waals surface area contributed by atoms with E-state index in [-0.39, 0.29) is 13.1 Å². The van der Waals surface area contributed by atoms with Crippen LogP contribution in [0.3, 0.4) is 0 Å². The first kappa shape index (κ1) is 25.5. The third kappa shape index (κ3) is 8.39. The van der Waals surface area contributed by atoms with Crippen LogP contribution in [0.25, 0.3) is 0 Å². The van der Waals surface area contributed by atoms with E-state index >= 15 is 0 Å². The number of hydrogen-bond acceptors (Lipinski definition) is 7. The van der Waals surface area contributed by atoms with Gasteiger partial charge in [0.1, 0.15) is 6.04 Å². The molecule has 0 bridgehead atoms. The lowest BCUT2D eigenvalue weighted by Gasteiger charge is -2.33. The van der Waals surface area contributed by atoms with E-state index in [1.165, 1.54) is 4.90 Å². The number of benzene rings is 2. The van der Waals surface area contributed by atoms with Crippen molar-refractivity contribution >= 4 is 22.1 Å². The van der Waals surface area contributed by atoms with Crippen LogP contribution in [0.4, 0.5) is 0 Å². The highest BCUT2D eigenvalue weighted by Gasteiger charge is 2.39. The quantitative estimate of drug-likeness (QED) is 0.376. The number of hydrogen-bond donors (Lipinski definition) is 3. The van der Waals surface area contributed by atoms with Gasteiger partial charge >= 0.3 is 11.9 Å². The topological polar surface area (TPSA) is 141 Å². The van der Waals surface area contributed by atoms with E-state index < -0.39 is 53.1 Å². The van der Waals surface area contributed by atoms with Crippen LogP contribution < -0.4 is 0 Å². The van der Waals surface area contributed by atoms with Gasteiger partial charge in [-0.1, -0.05) is 60.7 Å². The minimum Gasteiger partial charge on any atom is -0.481 e. The van der Waals surface area contributed by atoms with Gasteiger partial charge in [0, 0.05) is 13.1 Å². The number of carboxylic acids is 2. The molecule has 10 heteroatoms. The molecule has 2 rings (SSSR count). The van der Waals surface area contributed by atoms with Crippen LogP contribution in [0.5, 0.6) is 0 Å². The number of carboxylic acid groups (broad SMARTS) is 2. The summed E-state index contributed by atoms with van der Waals surface area (Å²) < 4.78 is 26.9. The minimum absolute atomic E-state index is 0.159. The zero-order valence-electron chi connectivity index (χ0n) is 17.6. The lowest BCUT2D eigenvalue weighted by Crippen LogP contribution is -2.49. The predicted octanol–water partition coefficient (Wildman–Crippen LogP) is 1.57. The van der Waals surface area contributed by atoms with Crippen LogP contribution in [0, 0.1) is 5.92 Å². The van der Waals surface area contributed by atoms with Gasteiger partial charge in [-0.3, -0.25) is 18.7 Å². The van der Waals surface area contributed by atoms with Gasteiger partial charge < -0.3 is 15.3 Å². The SMILES string of the molecule is CS(=O)(=O)OCC(O)C[C@H](C(=O)O)[C@@H](C(=O)O)N(Cc1ccccc1)Cc1ccccc1. The maximum absolute atomic E-state index is 12.3. The Morgan fingerprint density at radius 1 is 0.906 bits per heavy atom. The molecule has 0 amide bonds. The summed E-state index contributed by atoms with van der Waals surface area (Å²) in [5, 5.41) is 29.9. The molecule has 174 valence electrons. The molecule has 0 fully saturated rings. The normalized spacial score (nSPS) is 14.6. The van der Waals surface area contributed by atoms with Gasteiger partial charge in [0.15, 0.2) is 0 Å². The molecule has 0 saturated carbocycles. The lowest BCUT2D eigenvalue weighted by atomic mass is 9.91. The molecule has 0 spiro atoms. The molecule has 1 unspecified atom stereocenters. The number of rotatable bonds is 13. The van der Waals surface area contributed by atoms with E-state index in [2.05, 4.69) is 4.18 Å².